The van der Waals surface area contributed by atoms with Gasteiger partial charge in [0.25, 0.3) is 10.1 Å². The van der Waals surface area contributed by atoms with Crippen LogP contribution in [0, 0.1) is 6.92 Å². The number of rotatable bonds is 7. The highest BCUT2D eigenvalue weighted by atomic mass is 32.2. The van der Waals surface area contributed by atoms with Crippen LogP contribution in [0.15, 0.2) is 29.2 Å². The average Bonchev–Trinajstić information content (AvgIpc) is 2.29. The molecule has 0 fully saturated rings. The van der Waals surface area contributed by atoms with Crippen LogP contribution in [0.25, 0.3) is 0 Å². The van der Waals surface area contributed by atoms with E-state index in [2.05, 4.69) is 5.32 Å². The molecular weight excluding hydrogens is 240 g/mol. The third-order valence-corrected chi connectivity index (χ3v) is 3.47. The second kappa shape index (κ2) is 6.70. The molecule has 0 saturated heterocycles. The van der Waals surface area contributed by atoms with Crippen molar-refractivity contribution in [2.24, 2.45) is 5.73 Å². The summed E-state index contributed by atoms with van der Waals surface area (Å²) in [4.78, 5) is 0.182. The molecule has 5 nitrogen and oxygen atoms in total. The summed E-state index contributed by atoms with van der Waals surface area (Å²) in [6.07, 6.45) is 0. The van der Waals surface area contributed by atoms with E-state index in [-0.39, 0.29) is 11.5 Å². The zero-order valence-electron chi connectivity index (χ0n) is 9.85. The standard InChI is InChI=1S/C11H18N2O3S/c1-10-2-4-11(5-3-10)17(14,15)16-9-8-13-7-6-12/h2-5,13H,6-9,12H2,1H3. The fourth-order valence-electron chi connectivity index (χ4n) is 1.22. The molecule has 1 aromatic rings. The maximum Gasteiger partial charge on any atom is 0.297 e. The molecule has 6 heteroatoms. The summed E-state index contributed by atoms with van der Waals surface area (Å²) in [5, 5.41) is 2.95. The van der Waals surface area contributed by atoms with Crippen LogP contribution in [0.5, 0.6) is 0 Å². The number of benzene rings is 1. The molecule has 0 aliphatic heterocycles. The maximum absolute atomic E-state index is 11.7. The number of nitrogens with one attached hydrogen (secondary N) is 1. The van der Waals surface area contributed by atoms with Crippen LogP contribution in [0.3, 0.4) is 0 Å². The minimum absolute atomic E-state index is 0.107. The molecule has 0 unspecified atom stereocenters. The van der Waals surface area contributed by atoms with Crippen LogP contribution < -0.4 is 11.1 Å². The average molecular weight is 258 g/mol. The zero-order valence-corrected chi connectivity index (χ0v) is 10.7. The smallest absolute Gasteiger partial charge is 0.297 e. The highest BCUT2D eigenvalue weighted by Gasteiger charge is 2.13. The fraction of sp³-hybridized carbons (Fsp3) is 0.455. The topological polar surface area (TPSA) is 81.4 Å². The van der Waals surface area contributed by atoms with Gasteiger partial charge in [-0.25, -0.2) is 0 Å². The van der Waals surface area contributed by atoms with E-state index in [0.717, 1.165) is 5.56 Å². The van der Waals surface area contributed by atoms with Gasteiger partial charge in [0.1, 0.15) is 0 Å². The third-order valence-electron chi connectivity index (χ3n) is 2.15. The van der Waals surface area contributed by atoms with E-state index in [1.165, 1.54) is 12.1 Å². The molecule has 0 atom stereocenters. The van der Waals surface area contributed by atoms with Gasteiger partial charge in [0.2, 0.25) is 0 Å². The summed E-state index contributed by atoms with van der Waals surface area (Å²) in [5.74, 6) is 0. The van der Waals surface area contributed by atoms with Gasteiger partial charge in [0.05, 0.1) is 11.5 Å². The molecule has 0 saturated carbocycles. The molecule has 0 bridgehead atoms. The quantitative estimate of drug-likeness (QED) is 0.541. The van der Waals surface area contributed by atoms with Gasteiger partial charge < -0.3 is 11.1 Å². The molecule has 1 rings (SSSR count). The number of aryl methyl sites for hydroxylation is 1. The van der Waals surface area contributed by atoms with Gasteiger partial charge >= 0.3 is 0 Å². The molecule has 96 valence electrons. The fourth-order valence-corrected chi connectivity index (χ4v) is 2.13. The summed E-state index contributed by atoms with van der Waals surface area (Å²) >= 11 is 0. The van der Waals surface area contributed by atoms with Crippen molar-refractivity contribution in [1.29, 1.82) is 0 Å². The molecule has 0 spiro atoms. The summed E-state index contributed by atoms with van der Waals surface area (Å²) in [6, 6.07) is 6.56. The highest BCUT2D eigenvalue weighted by Crippen LogP contribution is 2.12. The van der Waals surface area contributed by atoms with Gasteiger partial charge in [0, 0.05) is 19.6 Å². The van der Waals surface area contributed by atoms with Gasteiger partial charge in [-0.3, -0.25) is 4.18 Å². The van der Waals surface area contributed by atoms with Crippen molar-refractivity contribution < 1.29 is 12.6 Å². The molecule has 17 heavy (non-hydrogen) atoms. The Morgan fingerprint density at radius 3 is 2.47 bits per heavy atom. The molecule has 0 aromatic heterocycles. The maximum atomic E-state index is 11.7. The monoisotopic (exact) mass is 258 g/mol. The molecule has 3 N–H and O–H groups in total. The number of hydrogen-bond acceptors (Lipinski definition) is 5. The normalized spacial score (nSPS) is 11.6. The summed E-state index contributed by atoms with van der Waals surface area (Å²) in [5.41, 5.74) is 6.29. The lowest BCUT2D eigenvalue weighted by Gasteiger charge is -2.06. The first-order chi connectivity index (χ1) is 8.06. The van der Waals surface area contributed by atoms with Crippen molar-refractivity contribution in [1.82, 2.24) is 5.32 Å². The van der Waals surface area contributed by atoms with E-state index >= 15 is 0 Å². The molecule has 0 heterocycles. The minimum atomic E-state index is -3.64. The second-order valence-corrected chi connectivity index (χ2v) is 5.24. The van der Waals surface area contributed by atoms with Crippen LogP contribution in [0.4, 0.5) is 0 Å². The van der Waals surface area contributed by atoms with Crippen molar-refractivity contribution in [3.05, 3.63) is 29.8 Å². The Hall–Kier alpha value is -0.950. The van der Waals surface area contributed by atoms with Crippen molar-refractivity contribution in [2.75, 3.05) is 26.2 Å². The predicted molar refractivity (Wildman–Crippen MR) is 66.2 cm³/mol. The third kappa shape index (κ3) is 4.82. The van der Waals surface area contributed by atoms with Crippen molar-refractivity contribution in [3.8, 4) is 0 Å². The van der Waals surface area contributed by atoms with Crippen LogP contribution in [0.2, 0.25) is 0 Å². The molecule has 0 aliphatic carbocycles. The zero-order chi connectivity index (χ0) is 12.7. The first-order valence-corrected chi connectivity index (χ1v) is 6.84. The minimum Gasteiger partial charge on any atom is -0.329 e. The van der Waals surface area contributed by atoms with Gasteiger partial charge in [-0.05, 0) is 19.1 Å². The number of hydrogen-bond donors (Lipinski definition) is 2. The Morgan fingerprint density at radius 1 is 1.24 bits per heavy atom. The first-order valence-electron chi connectivity index (χ1n) is 5.43. The van der Waals surface area contributed by atoms with Gasteiger partial charge in [0.15, 0.2) is 0 Å². The lowest BCUT2D eigenvalue weighted by molar-refractivity contribution is 0.315. The Bertz CT molecular complexity index is 429. The SMILES string of the molecule is Cc1ccc(S(=O)(=O)OCCNCCN)cc1. The van der Waals surface area contributed by atoms with Crippen molar-refractivity contribution >= 4 is 10.1 Å². The Kier molecular flexibility index (Phi) is 5.57. The molecule has 0 radical (unpaired) electrons. The lowest BCUT2D eigenvalue weighted by atomic mass is 10.2. The van der Waals surface area contributed by atoms with Gasteiger partial charge in [-0.1, -0.05) is 17.7 Å². The van der Waals surface area contributed by atoms with Crippen LogP contribution in [-0.2, 0) is 14.3 Å². The largest absolute Gasteiger partial charge is 0.329 e. The molecular formula is C11H18N2O3S. The van der Waals surface area contributed by atoms with E-state index in [0.29, 0.717) is 19.6 Å². The van der Waals surface area contributed by atoms with Crippen molar-refractivity contribution in [2.45, 2.75) is 11.8 Å². The van der Waals surface area contributed by atoms with E-state index in [4.69, 9.17) is 9.92 Å². The highest BCUT2D eigenvalue weighted by molar-refractivity contribution is 7.86. The lowest BCUT2D eigenvalue weighted by Crippen LogP contribution is -2.26. The Labute approximate surface area is 102 Å². The molecule has 1 aromatic carbocycles. The Balaban J connectivity index is 2.48. The summed E-state index contributed by atoms with van der Waals surface area (Å²) in [6.45, 7) is 3.63. The number of nitrogens with two attached hydrogens (primary N) is 1. The summed E-state index contributed by atoms with van der Waals surface area (Å²) < 4.78 is 28.3. The van der Waals surface area contributed by atoms with Gasteiger partial charge in [-0.2, -0.15) is 8.42 Å². The summed E-state index contributed by atoms with van der Waals surface area (Å²) in [7, 11) is -3.64. The molecule has 0 aliphatic rings. The van der Waals surface area contributed by atoms with E-state index in [1.807, 2.05) is 6.92 Å². The predicted octanol–water partition coefficient (Wildman–Crippen LogP) is 0.249. The van der Waals surface area contributed by atoms with Crippen LogP contribution >= 0.6 is 0 Å². The Morgan fingerprint density at radius 2 is 1.88 bits per heavy atom. The molecule has 0 amide bonds. The van der Waals surface area contributed by atoms with Gasteiger partial charge in [-0.15, -0.1) is 0 Å². The second-order valence-electron chi connectivity index (χ2n) is 3.63. The van der Waals surface area contributed by atoms with Crippen LogP contribution in [0.1, 0.15) is 5.56 Å². The first kappa shape index (κ1) is 14.1. The van der Waals surface area contributed by atoms with E-state index in [1.54, 1.807) is 12.1 Å². The van der Waals surface area contributed by atoms with Crippen LogP contribution in [-0.4, -0.2) is 34.7 Å². The van der Waals surface area contributed by atoms with Crippen molar-refractivity contribution in [3.63, 3.8) is 0 Å². The van der Waals surface area contributed by atoms with E-state index in [9.17, 15) is 8.42 Å². The van der Waals surface area contributed by atoms with E-state index < -0.39 is 10.1 Å².